The fraction of sp³-hybridized carbons (Fsp3) is 0.286. The Morgan fingerprint density at radius 1 is 1.20 bits per heavy atom. The van der Waals surface area contributed by atoms with Crippen molar-refractivity contribution in [1.82, 2.24) is 9.97 Å². The van der Waals surface area contributed by atoms with Crippen molar-refractivity contribution in [2.75, 3.05) is 11.1 Å². The predicted octanol–water partition coefficient (Wildman–Crippen LogP) is 4.00. The molecule has 1 aromatic heterocycles. The second-order valence-corrected chi connectivity index (χ2v) is 6.36. The van der Waals surface area contributed by atoms with Crippen molar-refractivity contribution >= 4 is 33.3 Å². The molecule has 0 saturated heterocycles. The Hall–Kier alpha value is -1.69. The molecule has 0 saturated carbocycles. The minimum absolute atomic E-state index is 0.212. The lowest BCUT2D eigenvalue weighted by atomic mass is 9.96. The second-order valence-electron chi connectivity index (χ2n) is 5.51. The van der Waals surface area contributed by atoms with Gasteiger partial charge in [0.15, 0.2) is 0 Å². The molecule has 1 heterocycles. The molecule has 1 aromatic carbocycles. The van der Waals surface area contributed by atoms with E-state index < -0.39 is 0 Å². The van der Waals surface area contributed by atoms with Crippen molar-refractivity contribution in [1.29, 1.82) is 0 Å². The number of rotatable bonds is 2. The first kappa shape index (κ1) is 14.7. The number of nitrogens with one attached hydrogen (secondary N) is 1. The van der Waals surface area contributed by atoms with Crippen molar-refractivity contribution in [2.45, 2.75) is 26.2 Å². The van der Waals surface area contributed by atoms with Crippen LogP contribution in [0.3, 0.4) is 0 Å². The van der Waals surface area contributed by atoms with Crippen LogP contribution >= 0.6 is 15.9 Å². The Bertz CT molecular complexity index is 638. The molecule has 0 bridgehead atoms. The van der Waals surface area contributed by atoms with Crippen molar-refractivity contribution in [3.8, 4) is 0 Å². The smallest absolute Gasteiger partial charge is 0.139 e. The molecule has 20 heavy (non-hydrogen) atoms. The highest BCUT2D eigenvalue weighted by molar-refractivity contribution is 9.10. The summed E-state index contributed by atoms with van der Waals surface area (Å²) in [6.45, 7) is 6.01. The van der Waals surface area contributed by atoms with Crippen LogP contribution in [0.25, 0.3) is 0 Å². The van der Waals surface area contributed by atoms with Gasteiger partial charge in [-0.3, -0.25) is 0 Å². The monoisotopic (exact) mass is 338 g/mol. The number of benzene rings is 1. The number of nitrogens with zero attached hydrogens (tertiary/aromatic N) is 2. The number of hydrogen-bond donors (Lipinski definition) is 2. The topological polar surface area (TPSA) is 63.8 Å². The third kappa shape index (κ3) is 3.45. The van der Waals surface area contributed by atoms with Crippen LogP contribution in [0.2, 0.25) is 0 Å². The van der Waals surface area contributed by atoms with E-state index in [9.17, 15) is 4.39 Å². The minimum Gasteiger partial charge on any atom is -0.384 e. The fourth-order valence-corrected chi connectivity index (χ4v) is 1.83. The van der Waals surface area contributed by atoms with E-state index in [-0.39, 0.29) is 11.2 Å². The molecule has 0 radical (unpaired) electrons. The van der Waals surface area contributed by atoms with Gasteiger partial charge in [0.05, 0.1) is 4.47 Å². The molecular formula is C14H16BrFN4. The van der Waals surface area contributed by atoms with Crippen molar-refractivity contribution in [3.63, 3.8) is 0 Å². The first-order valence-electron chi connectivity index (χ1n) is 6.13. The minimum atomic E-state index is -0.340. The standard InChI is InChI=1S/C14H16BrFN4/c1-14(2,3)13-19-11(17)7-12(20-13)18-8-4-5-9(15)10(16)6-8/h4-7H,1-3H3,(H3,17,18,19,20). The fourth-order valence-electron chi connectivity index (χ4n) is 1.59. The Kier molecular flexibility index (Phi) is 3.94. The zero-order chi connectivity index (χ0) is 14.9. The largest absolute Gasteiger partial charge is 0.384 e. The molecule has 0 fully saturated rings. The van der Waals surface area contributed by atoms with Gasteiger partial charge in [-0.1, -0.05) is 20.8 Å². The van der Waals surface area contributed by atoms with Crippen LogP contribution < -0.4 is 11.1 Å². The van der Waals surface area contributed by atoms with Gasteiger partial charge in [-0.2, -0.15) is 0 Å². The maximum Gasteiger partial charge on any atom is 0.139 e. The molecule has 4 nitrogen and oxygen atoms in total. The van der Waals surface area contributed by atoms with Crippen molar-refractivity contribution < 1.29 is 4.39 Å². The molecule has 2 rings (SSSR count). The zero-order valence-electron chi connectivity index (χ0n) is 11.5. The van der Waals surface area contributed by atoms with Gasteiger partial charge < -0.3 is 11.1 Å². The van der Waals surface area contributed by atoms with E-state index in [1.165, 1.54) is 6.07 Å². The Labute approximate surface area is 125 Å². The zero-order valence-corrected chi connectivity index (χ0v) is 13.1. The number of hydrogen-bond acceptors (Lipinski definition) is 4. The Morgan fingerprint density at radius 3 is 2.50 bits per heavy atom. The lowest BCUT2D eigenvalue weighted by Crippen LogP contribution is -2.17. The molecule has 0 aliphatic carbocycles. The van der Waals surface area contributed by atoms with Gasteiger partial charge in [-0.15, -0.1) is 0 Å². The summed E-state index contributed by atoms with van der Waals surface area (Å²) in [6, 6.07) is 6.39. The number of anilines is 3. The lowest BCUT2D eigenvalue weighted by molar-refractivity contribution is 0.547. The van der Waals surface area contributed by atoms with E-state index in [0.717, 1.165) is 0 Å². The molecule has 0 unspecified atom stereocenters. The molecule has 0 aliphatic heterocycles. The van der Waals surface area contributed by atoms with E-state index in [0.29, 0.717) is 27.6 Å². The third-order valence-electron chi connectivity index (χ3n) is 2.61. The van der Waals surface area contributed by atoms with E-state index in [4.69, 9.17) is 5.73 Å². The highest BCUT2D eigenvalue weighted by atomic mass is 79.9. The van der Waals surface area contributed by atoms with Crippen molar-refractivity contribution in [3.05, 3.63) is 40.4 Å². The molecule has 2 aromatic rings. The average molecular weight is 339 g/mol. The molecule has 0 aliphatic rings. The molecular weight excluding hydrogens is 323 g/mol. The number of nitrogens with two attached hydrogens (primary N) is 1. The summed E-state index contributed by atoms with van der Waals surface area (Å²) in [4.78, 5) is 8.64. The SMILES string of the molecule is CC(C)(C)c1nc(N)cc(Nc2ccc(Br)c(F)c2)n1. The van der Waals surface area contributed by atoms with Gasteiger partial charge in [0.1, 0.15) is 23.3 Å². The maximum absolute atomic E-state index is 13.5. The average Bonchev–Trinajstić information content (AvgIpc) is 2.32. The van der Waals surface area contributed by atoms with Gasteiger partial charge >= 0.3 is 0 Å². The summed E-state index contributed by atoms with van der Waals surface area (Å²) in [5, 5.41) is 3.03. The van der Waals surface area contributed by atoms with E-state index in [1.807, 2.05) is 20.8 Å². The van der Waals surface area contributed by atoms with Crippen molar-refractivity contribution in [2.24, 2.45) is 0 Å². The summed E-state index contributed by atoms with van der Waals surface area (Å²) in [5.41, 5.74) is 6.18. The van der Waals surface area contributed by atoms with E-state index >= 15 is 0 Å². The van der Waals surface area contributed by atoms with E-state index in [1.54, 1.807) is 18.2 Å². The first-order valence-corrected chi connectivity index (χ1v) is 6.92. The molecule has 6 heteroatoms. The van der Waals surface area contributed by atoms with Crippen LogP contribution in [0, 0.1) is 5.82 Å². The quantitative estimate of drug-likeness (QED) is 0.868. The summed E-state index contributed by atoms with van der Waals surface area (Å²) in [6.07, 6.45) is 0. The van der Waals surface area contributed by atoms with Crippen LogP contribution in [0.4, 0.5) is 21.7 Å². The third-order valence-corrected chi connectivity index (χ3v) is 3.25. The highest BCUT2D eigenvalue weighted by Gasteiger charge is 2.18. The van der Waals surface area contributed by atoms with Crippen LogP contribution in [-0.2, 0) is 5.41 Å². The Morgan fingerprint density at radius 2 is 1.90 bits per heavy atom. The molecule has 0 atom stereocenters. The predicted molar refractivity (Wildman–Crippen MR) is 82.5 cm³/mol. The van der Waals surface area contributed by atoms with Gasteiger partial charge in [-0.25, -0.2) is 14.4 Å². The molecule has 0 spiro atoms. The summed E-state index contributed by atoms with van der Waals surface area (Å²) >= 11 is 3.12. The van der Waals surface area contributed by atoms with Gasteiger partial charge in [-0.05, 0) is 34.1 Å². The maximum atomic E-state index is 13.5. The summed E-state index contributed by atoms with van der Waals surface area (Å²) < 4.78 is 13.9. The summed E-state index contributed by atoms with van der Waals surface area (Å²) in [7, 11) is 0. The number of aromatic nitrogens is 2. The Balaban J connectivity index is 2.33. The second kappa shape index (κ2) is 5.36. The normalized spacial score (nSPS) is 11.4. The first-order chi connectivity index (χ1) is 9.25. The van der Waals surface area contributed by atoms with Gasteiger partial charge in [0, 0.05) is 17.2 Å². The van der Waals surface area contributed by atoms with Gasteiger partial charge in [0.2, 0.25) is 0 Å². The van der Waals surface area contributed by atoms with Crippen LogP contribution in [0.5, 0.6) is 0 Å². The highest BCUT2D eigenvalue weighted by Crippen LogP contribution is 2.25. The van der Waals surface area contributed by atoms with Crippen LogP contribution in [-0.4, -0.2) is 9.97 Å². The number of nitrogen functional groups attached to an aromatic ring is 1. The van der Waals surface area contributed by atoms with Crippen LogP contribution in [0.15, 0.2) is 28.7 Å². The summed E-state index contributed by atoms with van der Waals surface area (Å²) in [5.74, 6) is 1.22. The number of halogens is 2. The molecule has 3 N–H and O–H groups in total. The molecule has 0 amide bonds. The molecule has 106 valence electrons. The lowest BCUT2D eigenvalue weighted by Gasteiger charge is -2.18. The van der Waals surface area contributed by atoms with Gasteiger partial charge in [0.25, 0.3) is 0 Å². The van der Waals surface area contributed by atoms with Crippen LogP contribution in [0.1, 0.15) is 26.6 Å². The van der Waals surface area contributed by atoms with E-state index in [2.05, 4.69) is 31.2 Å².